The number of hydrogen-bond acceptors (Lipinski definition) is 8. The van der Waals surface area contributed by atoms with E-state index in [0.717, 1.165) is 11.6 Å². The minimum atomic E-state index is -4.53. The molecule has 0 bridgehead atoms. The number of anilines is 3. The van der Waals surface area contributed by atoms with E-state index < -0.39 is 11.9 Å². The van der Waals surface area contributed by atoms with Gasteiger partial charge < -0.3 is 19.4 Å². The first-order valence-electron chi connectivity index (χ1n) is 9.42. The highest BCUT2D eigenvalue weighted by Gasteiger charge is 2.33. The van der Waals surface area contributed by atoms with Crippen molar-refractivity contribution in [1.82, 2.24) is 25.1 Å². The van der Waals surface area contributed by atoms with Crippen LogP contribution in [-0.4, -0.2) is 51.5 Å². The van der Waals surface area contributed by atoms with Crippen molar-refractivity contribution in [2.24, 2.45) is 0 Å². The average Bonchev–Trinajstić information content (AvgIpc) is 3.42. The lowest BCUT2D eigenvalue weighted by Gasteiger charge is -2.27. The third-order valence-corrected chi connectivity index (χ3v) is 4.75. The summed E-state index contributed by atoms with van der Waals surface area (Å²) in [6.45, 7) is 2.25. The lowest BCUT2D eigenvalue weighted by Crippen LogP contribution is -2.37. The van der Waals surface area contributed by atoms with E-state index in [-0.39, 0.29) is 11.8 Å². The Kier molecular flexibility index (Phi) is 4.70. The van der Waals surface area contributed by atoms with Gasteiger partial charge in [0.1, 0.15) is 17.0 Å². The molecule has 0 atom stereocenters. The Labute approximate surface area is 173 Å². The molecule has 1 aliphatic rings. The lowest BCUT2D eigenvalue weighted by molar-refractivity contribution is -0.141. The van der Waals surface area contributed by atoms with Gasteiger partial charge in [0.15, 0.2) is 17.2 Å². The number of furan rings is 1. The number of aromatic nitrogens is 5. The highest BCUT2D eigenvalue weighted by Crippen LogP contribution is 2.34. The molecule has 4 aromatic rings. The Morgan fingerprint density at radius 3 is 2.55 bits per heavy atom. The summed E-state index contributed by atoms with van der Waals surface area (Å²) < 4.78 is 50.0. The molecule has 0 aliphatic carbocycles. The van der Waals surface area contributed by atoms with Gasteiger partial charge in [-0.15, -0.1) is 0 Å². The van der Waals surface area contributed by atoms with Gasteiger partial charge in [-0.1, -0.05) is 0 Å². The van der Waals surface area contributed by atoms with Gasteiger partial charge >= 0.3 is 6.18 Å². The summed E-state index contributed by atoms with van der Waals surface area (Å²) in [5, 5.41) is 8.36. The Balaban J connectivity index is 1.56. The van der Waals surface area contributed by atoms with Gasteiger partial charge in [-0.3, -0.25) is 10.1 Å². The molecular formula is C19H16F3N7O2. The van der Waals surface area contributed by atoms with Crippen molar-refractivity contribution >= 4 is 28.7 Å². The third-order valence-electron chi connectivity index (χ3n) is 4.75. The summed E-state index contributed by atoms with van der Waals surface area (Å²) in [4.78, 5) is 14.9. The van der Waals surface area contributed by atoms with E-state index in [1.54, 1.807) is 30.6 Å². The Bertz CT molecular complexity index is 1200. The van der Waals surface area contributed by atoms with Crippen molar-refractivity contribution < 1.29 is 22.3 Å². The Hall–Kier alpha value is -3.67. The normalized spacial score (nSPS) is 14.9. The molecule has 1 aliphatic heterocycles. The molecule has 1 saturated heterocycles. The Morgan fingerprint density at radius 2 is 1.84 bits per heavy atom. The third kappa shape index (κ3) is 3.89. The molecule has 31 heavy (non-hydrogen) atoms. The van der Waals surface area contributed by atoms with Gasteiger partial charge in [-0.2, -0.15) is 23.3 Å². The molecule has 0 spiro atoms. The van der Waals surface area contributed by atoms with Crippen LogP contribution >= 0.6 is 0 Å². The summed E-state index contributed by atoms with van der Waals surface area (Å²) in [7, 11) is 0. The molecule has 0 aromatic carbocycles. The minimum absolute atomic E-state index is 0.0440. The number of morpholine rings is 1. The van der Waals surface area contributed by atoms with Gasteiger partial charge in [-0.25, -0.2) is 4.98 Å². The highest BCUT2D eigenvalue weighted by atomic mass is 19.4. The molecule has 5 rings (SSSR count). The minimum Gasteiger partial charge on any atom is -0.450 e. The van der Waals surface area contributed by atoms with E-state index >= 15 is 0 Å². The van der Waals surface area contributed by atoms with Gasteiger partial charge in [0.25, 0.3) is 0 Å². The van der Waals surface area contributed by atoms with Crippen LogP contribution in [0.5, 0.6) is 0 Å². The largest absolute Gasteiger partial charge is 0.450 e. The maximum atomic E-state index is 12.9. The number of H-pyrrole nitrogens is 1. The topological polar surface area (TPSA) is 105 Å². The molecule has 2 N–H and O–H groups in total. The van der Waals surface area contributed by atoms with E-state index in [4.69, 9.17) is 9.15 Å². The van der Waals surface area contributed by atoms with Gasteiger partial charge in [-0.05, 0) is 12.1 Å². The second kappa shape index (κ2) is 7.54. The van der Waals surface area contributed by atoms with Crippen LogP contribution in [0.1, 0.15) is 5.69 Å². The number of aromatic amines is 1. The molecule has 0 amide bonds. The smallest absolute Gasteiger partial charge is 0.432 e. The molecule has 0 radical (unpaired) electrons. The van der Waals surface area contributed by atoms with Crippen LogP contribution in [0.15, 0.2) is 41.1 Å². The zero-order chi connectivity index (χ0) is 21.4. The first kappa shape index (κ1) is 19.3. The molecule has 12 heteroatoms. The number of rotatable bonds is 4. The zero-order valence-corrected chi connectivity index (χ0v) is 16.0. The fraction of sp³-hybridized carbons (Fsp3) is 0.263. The van der Waals surface area contributed by atoms with Gasteiger partial charge in [0, 0.05) is 43.2 Å². The molecule has 9 nitrogen and oxygen atoms in total. The average molecular weight is 431 g/mol. The first-order chi connectivity index (χ1) is 15.0. The van der Waals surface area contributed by atoms with Crippen LogP contribution in [0, 0.1) is 0 Å². The number of nitrogens with zero attached hydrogens (tertiary/aromatic N) is 5. The second-order valence-corrected chi connectivity index (χ2v) is 6.82. The fourth-order valence-corrected chi connectivity index (χ4v) is 3.26. The van der Waals surface area contributed by atoms with Crippen LogP contribution in [0.3, 0.4) is 0 Å². The molecule has 0 unspecified atom stereocenters. The summed E-state index contributed by atoms with van der Waals surface area (Å²) in [6.07, 6.45) is -1.22. The second-order valence-electron chi connectivity index (χ2n) is 6.82. The lowest BCUT2D eigenvalue weighted by atomic mass is 10.2. The molecule has 0 saturated carbocycles. The van der Waals surface area contributed by atoms with Crippen LogP contribution in [0.4, 0.5) is 30.8 Å². The van der Waals surface area contributed by atoms with E-state index in [1.807, 2.05) is 10.00 Å². The Morgan fingerprint density at radius 1 is 1.06 bits per heavy atom. The quantitative estimate of drug-likeness (QED) is 0.505. The molecule has 5 heterocycles. The molecule has 1 fully saturated rings. The molecular weight excluding hydrogens is 415 g/mol. The number of nitrogens with one attached hydrogen (secondary N) is 2. The van der Waals surface area contributed by atoms with Crippen LogP contribution in [-0.2, 0) is 10.9 Å². The summed E-state index contributed by atoms with van der Waals surface area (Å²) in [5.41, 5.74) is 0.847. The molecule has 4 aromatic heterocycles. The van der Waals surface area contributed by atoms with Crippen molar-refractivity contribution in [3.63, 3.8) is 0 Å². The van der Waals surface area contributed by atoms with Gasteiger partial charge in [0.05, 0.1) is 13.2 Å². The van der Waals surface area contributed by atoms with Crippen LogP contribution in [0.25, 0.3) is 22.4 Å². The fourth-order valence-electron chi connectivity index (χ4n) is 3.26. The van der Waals surface area contributed by atoms with Crippen molar-refractivity contribution in [3.05, 3.63) is 42.4 Å². The van der Waals surface area contributed by atoms with E-state index in [2.05, 4.69) is 25.4 Å². The standard InChI is InChI=1S/C19H16F3N7O2/c20-19(21,22)14-10-15(28-27-14)25-18-24-12-9-13(11-1-3-23-4-2-11)31-16(12)17(26-18)29-5-7-30-8-6-29/h1-4,9-10H,5-8H2,(H2,24,25,26,27,28). The number of alkyl halides is 3. The van der Waals surface area contributed by atoms with E-state index in [1.165, 1.54) is 0 Å². The zero-order valence-electron chi connectivity index (χ0n) is 16.0. The van der Waals surface area contributed by atoms with Crippen molar-refractivity contribution in [1.29, 1.82) is 0 Å². The maximum Gasteiger partial charge on any atom is 0.432 e. The van der Waals surface area contributed by atoms with Gasteiger partial charge in [0.2, 0.25) is 5.95 Å². The first-order valence-corrected chi connectivity index (χ1v) is 9.42. The monoisotopic (exact) mass is 431 g/mol. The van der Waals surface area contributed by atoms with E-state index in [9.17, 15) is 13.2 Å². The van der Waals surface area contributed by atoms with E-state index in [0.29, 0.717) is 49.0 Å². The number of pyridine rings is 1. The molecule has 160 valence electrons. The predicted octanol–water partition coefficient (Wildman–Crippen LogP) is 3.61. The highest BCUT2D eigenvalue weighted by molar-refractivity contribution is 5.89. The summed E-state index contributed by atoms with van der Waals surface area (Å²) in [5.74, 6) is 1.17. The number of fused-ring (bicyclic) bond motifs is 1. The van der Waals surface area contributed by atoms with Crippen molar-refractivity contribution in [3.8, 4) is 11.3 Å². The van der Waals surface area contributed by atoms with Crippen molar-refractivity contribution in [2.45, 2.75) is 6.18 Å². The van der Waals surface area contributed by atoms with Crippen LogP contribution < -0.4 is 10.2 Å². The summed E-state index contributed by atoms with van der Waals surface area (Å²) in [6, 6.07) is 6.23. The summed E-state index contributed by atoms with van der Waals surface area (Å²) >= 11 is 0. The number of hydrogen-bond donors (Lipinski definition) is 2. The SMILES string of the molecule is FC(F)(F)c1cc(Nc2nc(N3CCOCC3)c3oc(-c4ccncc4)cc3n2)n[nH]1. The number of ether oxygens (including phenoxy) is 1. The number of halogens is 3. The van der Waals surface area contributed by atoms with Crippen molar-refractivity contribution in [2.75, 3.05) is 36.5 Å². The maximum absolute atomic E-state index is 12.9. The predicted molar refractivity (Wildman–Crippen MR) is 105 cm³/mol. The van der Waals surface area contributed by atoms with Crippen LogP contribution in [0.2, 0.25) is 0 Å².